The topological polar surface area (TPSA) is 78.7 Å². The molecule has 0 radical (unpaired) electrons. The number of nitrogens with two attached hydrogens (primary N) is 1. The number of anilines is 1. The molecule has 2 rings (SSSR count). The van der Waals surface area contributed by atoms with Crippen LogP contribution in [-0.4, -0.2) is 19.6 Å². The maximum atomic E-state index is 11.7. The van der Waals surface area contributed by atoms with E-state index in [-0.39, 0.29) is 12.1 Å². The molecule has 2 heterocycles. The summed E-state index contributed by atoms with van der Waals surface area (Å²) in [6.07, 6.45) is 0.748. The van der Waals surface area contributed by atoms with Gasteiger partial charge in [0.2, 0.25) is 0 Å². The molecule has 7 heteroatoms. The number of nitrogen functional groups attached to an aromatic ring is 1. The predicted molar refractivity (Wildman–Crippen MR) is 74.3 cm³/mol. The molecule has 0 amide bonds. The highest BCUT2D eigenvalue weighted by molar-refractivity contribution is 6.31. The van der Waals surface area contributed by atoms with Crippen LogP contribution in [0.4, 0.5) is 5.82 Å². The largest absolute Gasteiger partial charge is 0.382 e. The van der Waals surface area contributed by atoms with Gasteiger partial charge in [0, 0.05) is 12.6 Å². The summed E-state index contributed by atoms with van der Waals surface area (Å²) < 4.78 is 3.09. The highest BCUT2D eigenvalue weighted by Crippen LogP contribution is 2.22. The van der Waals surface area contributed by atoms with Crippen molar-refractivity contribution in [3.8, 4) is 0 Å². The van der Waals surface area contributed by atoms with Gasteiger partial charge in [-0.1, -0.05) is 18.5 Å². The predicted octanol–water partition coefficient (Wildman–Crippen LogP) is 1.31. The van der Waals surface area contributed by atoms with Gasteiger partial charge in [-0.2, -0.15) is 10.2 Å². The highest BCUT2D eigenvalue weighted by atomic mass is 35.5. The first kappa shape index (κ1) is 13.6. The molecule has 0 saturated carbocycles. The van der Waals surface area contributed by atoms with Crippen molar-refractivity contribution in [1.82, 2.24) is 19.6 Å². The van der Waals surface area contributed by atoms with Crippen LogP contribution in [0.3, 0.4) is 0 Å². The lowest BCUT2D eigenvalue weighted by molar-refractivity contribution is 0.560. The molecule has 0 saturated heterocycles. The lowest BCUT2D eigenvalue weighted by Gasteiger charge is -2.07. The minimum absolute atomic E-state index is 0.216. The second kappa shape index (κ2) is 5.44. The summed E-state index contributed by atoms with van der Waals surface area (Å²) in [4.78, 5) is 11.7. The van der Waals surface area contributed by atoms with Gasteiger partial charge < -0.3 is 5.73 Å². The maximum absolute atomic E-state index is 11.7. The number of nitrogens with zero attached hydrogens (tertiary/aromatic N) is 4. The van der Waals surface area contributed by atoms with E-state index in [0.29, 0.717) is 17.4 Å². The van der Waals surface area contributed by atoms with Crippen LogP contribution < -0.4 is 11.3 Å². The van der Waals surface area contributed by atoms with Crippen molar-refractivity contribution < 1.29 is 0 Å². The fourth-order valence-electron chi connectivity index (χ4n) is 1.89. The molecule has 0 aliphatic rings. The molecule has 102 valence electrons. The number of hydrogen-bond donors (Lipinski definition) is 1. The van der Waals surface area contributed by atoms with E-state index >= 15 is 0 Å². The molecular weight excluding hydrogens is 266 g/mol. The third kappa shape index (κ3) is 2.63. The first-order chi connectivity index (χ1) is 9.06. The van der Waals surface area contributed by atoms with Crippen molar-refractivity contribution >= 4 is 17.4 Å². The average molecular weight is 282 g/mol. The third-order valence-electron chi connectivity index (χ3n) is 2.88. The summed E-state index contributed by atoms with van der Waals surface area (Å²) in [7, 11) is 0. The van der Waals surface area contributed by atoms with Crippen molar-refractivity contribution in [2.24, 2.45) is 0 Å². The fraction of sp³-hybridized carbons (Fsp3) is 0.417. The van der Waals surface area contributed by atoms with Crippen molar-refractivity contribution in [1.29, 1.82) is 0 Å². The first-order valence-electron chi connectivity index (χ1n) is 6.14. The van der Waals surface area contributed by atoms with E-state index in [0.717, 1.165) is 17.8 Å². The summed E-state index contributed by atoms with van der Waals surface area (Å²) in [5.74, 6) is 0.300. The van der Waals surface area contributed by atoms with Gasteiger partial charge >= 0.3 is 0 Å². The molecule has 0 aliphatic heterocycles. The number of rotatable bonds is 4. The Kier molecular flexibility index (Phi) is 3.90. The minimum Gasteiger partial charge on any atom is -0.382 e. The van der Waals surface area contributed by atoms with Crippen LogP contribution in [0.5, 0.6) is 0 Å². The zero-order valence-corrected chi connectivity index (χ0v) is 11.7. The lowest BCUT2D eigenvalue weighted by atomic mass is 10.3. The summed E-state index contributed by atoms with van der Waals surface area (Å²) in [6, 6.07) is 2.87. The summed E-state index contributed by atoms with van der Waals surface area (Å²) in [5.41, 5.74) is 6.99. The Labute approximate surface area is 115 Å². The van der Waals surface area contributed by atoms with Crippen LogP contribution in [0.15, 0.2) is 16.9 Å². The van der Waals surface area contributed by atoms with Crippen LogP contribution in [0.2, 0.25) is 5.02 Å². The summed E-state index contributed by atoms with van der Waals surface area (Å²) in [5, 5.41) is 9.00. The van der Waals surface area contributed by atoms with Crippen LogP contribution in [0, 0.1) is 0 Å². The third-order valence-corrected chi connectivity index (χ3v) is 3.32. The molecule has 2 aromatic heterocycles. The van der Waals surface area contributed by atoms with Crippen molar-refractivity contribution in [3.05, 3.63) is 38.9 Å². The monoisotopic (exact) mass is 281 g/mol. The molecule has 2 aromatic rings. The van der Waals surface area contributed by atoms with E-state index in [9.17, 15) is 4.79 Å². The molecule has 0 aliphatic carbocycles. The Morgan fingerprint density at radius 1 is 1.26 bits per heavy atom. The van der Waals surface area contributed by atoms with Gasteiger partial charge in [0.05, 0.1) is 23.0 Å². The Morgan fingerprint density at radius 3 is 2.63 bits per heavy atom. The average Bonchev–Trinajstić information content (AvgIpc) is 2.70. The molecule has 0 bridgehead atoms. The smallest absolute Gasteiger partial charge is 0.267 e. The molecule has 2 N–H and O–H groups in total. The summed E-state index contributed by atoms with van der Waals surface area (Å²) in [6.45, 7) is 4.92. The Hall–Kier alpha value is -1.82. The fourth-order valence-corrected chi connectivity index (χ4v) is 2.22. The minimum atomic E-state index is -0.216. The molecule has 0 atom stereocenters. The quantitative estimate of drug-likeness (QED) is 0.916. The maximum Gasteiger partial charge on any atom is 0.267 e. The van der Waals surface area contributed by atoms with E-state index in [2.05, 4.69) is 10.2 Å². The second-order valence-corrected chi connectivity index (χ2v) is 4.51. The molecule has 0 aromatic carbocycles. The number of aryl methyl sites for hydroxylation is 2. The van der Waals surface area contributed by atoms with Crippen LogP contribution in [-0.2, 0) is 19.5 Å². The van der Waals surface area contributed by atoms with E-state index in [1.54, 1.807) is 4.68 Å². The Balaban J connectivity index is 2.45. The van der Waals surface area contributed by atoms with E-state index in [1.165, 1.54) is 16.8 Å². The van der Waals surface area contributed by atoms with Gasteiger partial charge in [-0.3, -0.25) is 9.48 Å². The summed E-state index contributed by atoms with van der Waals surface area (Å²) >= 11 is 6.29. The molecule has 6 nitrogen and oxygen atoms in total. The van der Waals surface area contributed by atoms with Gasteiger partial charge in [0.1, 0.15) is 5.82 Å². The zero-order valence-electron chi connectivity index (χ0n) is 10.9. The molecular formula is C12H16ClN5O. The van der Waals surface area contributed by atoms with Crippen LogP contribution in [0.25, 0.3) is 0 Å². The normalized spacial score (nSPS) is 10.9. The van der Waals surface area contributed by atoms with Crippen LogP contribution >= 0.6 is 11.6 Å². The van der Waals surface area contributed by atoms with Crippen molar-refractivity contribution in [3.63, 3.8) is 0 Å². The highest BCUT2D eigenvalue weighted by Gasteiger charge is 2.15. The Morgan fingerprint density at radius 2 is 2.00 bits per heavy atom. The van der Waals surface area contributed by atoms with Gasteiger partial charge in [-0.05, 0) is 19.4 Å². The van der Waals surface area contributed by atoms with E-state index < -0.39 is 0 Å². The number of halogens is 1. The van der Waals surface area contributed by atoms with E-state index in [1.807, 2.05) is 13.8 Å². The second-order valence-electron chi connectivity index (χ2n) is 4.13. The van der Waals surface area contributed by atoms with Crippen LogP contribution in [0.1, 0.15) is 25.2 Å². The molecule has 0 spiro atoms. The van der Waals surface area contributed by atoms with E-state index in [4.69, 9.17) is 17.3 Å². The standard InChI is InChI=1S/C12H16ClN5O/c1-3-8-12(13)9(17(4-2)15-8)7-18-11(19)6-5-10(14)16-18/h5-6H,3-4,7H2,1-2H3,(H2,14,16). The molecule has 0 fully saturated rings. The van der Waals surface area contributed by atoms with Crippen molar-refractivity contribution in [2.75, 3.05) is 5.73 Å². The molecule has 19 heavy (non-hydrogen) atoms. The molecule has 0 unspecified atom stereocenters. The van der Waals surface area contributed by atoms with Crippen molar-refractivity contribution in [2.45, 2.75) is 33.4 Å². The number of aromatic nitrogens is 4. The van der Waals surface area contributed by atoms with Gasteiger partial charge in [0.25, 0.3) is 5.56 Å². The SMILES string of the molecule is CCc1nn(CC)c(Cn2nc(N)ccc2=O)c1Cl. The zero-order chi connectivity index (χ0) is 14.0. The van der Waals surface area contributed by atoms with Gasteiger partial charge in [-0.25, -0.2) is 4.68 Å². The van der Waals surface area contributed by atoms with Gasteiger partial charge in [0.15, 0.2) is 0 Å². The first-order valence-corrected chi connectivity index (χ1v) is 6.52. The lowest BCUT2D eigenvalue weighted by Crippen LogP contribution is -2.24. The van der Waals surface area contributed by atoms with Gasteiger partial charge in [-0.15, -0.1) is 0 Å². The number of hydrogen-bond acceptors (Lipinski definition) is 4. The Bertz CT molecular complexity index is 646.